The lowest BCUT2D eigenvalue weighted by Gasteiger charge is -2.22. The summed E-state index contributed by atoms with van der Waals surface area (Å²) >= 11 is 0. The topological polar surface area (TPSA) is 56.8 Å². The van der Waals surface area contributed by atoms with Gasteiger partial charge in [0.1, 0.15) is 13.2 Å². The van der Waals surface area contributed by atoms with E-state index >= 15 is 0 Å². The smallest absolute Gasteiger partial charge is 0.220 e. The van der Waals surface area contributed by atoms with Crippen LogP contribution < -0.4 is 14.8 Å². The highest BCUT2D eigenvalue weighted by Gasteiger charge is 2.17. The Morgan fingerprint density at radius 3 is 2.70 bits per heavy atom. The van der Waals surface area contributed by atoms with Crippen LogP contribution in [0.15, 0.2) is 18.2 Å². The first-order valence-electron chi connectivity index (χ1n) is 8.35. The quantitative estimate of drug-likeness (QED) is 0.799. The monoisotopic (exact) mass is 321 g/mol. The van der Waals surface area contributed by atoms with Gasteiger partial charge in [-0.3, -0.25) is 4.79 Å². The van der Waals surface area contributed by atoms with Crippen LogP contribution in [0.2, 0.25) is 0 Å². The van der Waals surface area contributed by atoms with Gasteiger partial charge >= 0.3 is 0 Å². The predicted octanol–water partition coefficient (Wildman–Crippen LogP) is 2.57. The summed E-state index contributed by atoms with van der Waals surface area (Å²) in [6.07, 6.45) is 1.14. The zero-order chi connectivity index (χ0) is 16.7. The largest absolute Gasteiger partial charge is 0.486 e. The van der Waals surface area contributed by atoms with Crippen LogP contribution in [0.1, 0.15) is 32.8 Å². The summed E-state index contributed by atoms with van der Waals surface area (Å²) in [5.41, 5.74) is 1.08. The van der Waals surface area contributed by atoms with Crippen molar-refractivity contribution in [2.24, 2.45) is 5.92 Å². The molecule has 23 heavy (non-hydrogen) atoms. The van der Waals surface area contributed by atoms with E-state index in [1.165, 1.54) is 0 Å². The van der Waals surface area contributed by atoms with Crippen molar-refractivity contribution in [3.63, 3.8) is 0 Å². The van der Waals surface area contributed by atoms with E-state index in [0.717, 1.165) is 17.1 Å². The minimum atomic E-state index is 0.0540. The van der Waals surface area contributed by atoms with Crippen LogP contribution in [-0.4, -0.2) is 38.4 Å². The number of carbonyl (C=O) groups excluding carboxylic acids is 1. The van der Waals surface area contributed by atoms with Gasteiger partial charge < -0.3 is 19.5 Å². The maximum atomic E-state index is 12.2. The summed E-state index contributed by atoms with van der Waals surface area (Å²) in [6.45, 7) is 8.52. The van der Waals surface area contributed by atoms with Crippen LogP contribution >= 0.6 is 0 Å². The molecule has 1 aromatic carbocycles. The van der Waals surface area contributed by atoms with Crippen LogP contribution in [0.25, 0.3) is 0 Å². The van der Waals surface area contributed by atoms with E-state index in [4.69, 9.17) is 14.2 Å². The highest BCUT2D eigenvalue weighted by atomic mass is 16.6. The molecule has 0 radical (unpaired) electrons. The highest BCUT2D eigenvalue weighted by Crippen LogP contribution is 2.31. The SMILES string of the molecule is CCOC[C@H](NC(=O)CCc1ccc2c(c1)OCCO2)C(C)C. The standard InChI is InChI=1S/C18H27NO4/c1-4-21-12-15(13(2)3)19-18(20)8-6-14-5-7-16-17(11-14)23-10-9-22-16/h5,7,11,13,15H,4,6,8-10,12H2,1-3H3,(H,19,20)/t15-/m0/s1. The molecular weight excluding hydrogens is 294 g/mol. The van der Waals surface area contributed by atoms with E-state index in [-0.39, 0.29) is 11.9 Å². The number of rotatable bonds is 8. The van der Waals surface area contributed by atoms with E-state index in [2.05, 4.69) is 19.2 Å². The molecule has 1 aromatic rings. The normalized spacial score (nSPS) is 14.6. The number of ether oxygens (including phenoxy) is 3. The lowest BCUT2D eigenvalue weighted by atomic mass is 10.0. The van der Waals surface area contributed by atoms with E-state index in [0.29, 0.717) is 45.2 Å². The van der Waals surface area contributed by atoms with E-state index in [9.17, 15) is 4.79 Å². The van der Waals surface area contributed by atoms with Crippen LogP contribution in [0.3, 0.4) is 0 Å². The van der Waals surface area contributed by atoms with E-state index < -0.39 is 0 Å². The van der Waals surface area contributed by atoms with Gasteiger partial charge in [0, 0.05) is 13.0 Å². The molecule has 5 heteroatoms. The van der Waals surface area contributed by atoms with Gasteiger partial charge in [-0.05, 0) is 37.0 Å². The summed E-state index contributed by atoms with van der Waals surface area (Å²) in [5.74, 6) is 1.95. The second kappa shape index (κ2) is 8.77. The zero-order valence-corrected chi connectivity index (χ0v) is 14.3. The number of nitrogens with one attached hydrogen (secondary N) is 1. The van der Waals surface area contributed by atoms with Crippen molar-refractivity contribution in [2.75, 3.05) is 26.4 Å². The number of hydrogen-bond donors (Lipinski definition) is 1. The first kappa shape index (κ1) is 17.6. The van der Waals surface area contributed by atoms with Crippen molar-refractivity contribution in [3.8, 4) is 11.5 Å². The lowest BCUT2D eigenvalue weighted by Crippen LogP contribution is -2.42. The Kier molecular flexibility index (Phi) is 6.71. The van der Waals surface area contributed by atoms with Gasteiger partial charge in [0.15, 0.2) is 11.5 Å². The molecule has 0 aromatic heterocycles. The van der Waals surface area contributed by atoms with Crippen LogP contribution in [0.5, 0.6) is 11.5 Å². The molecule has 128 valence electrons. The molecule has 0 unspecified atom stereocenters. The van der Waals surface area contributed by atoms with Gasteiger partial charge in [0.25, 0.3) is 0 Å². The molecule has 0 spiro atoms. The van der Waals surface area contributed by atoms with Gasteiger partial charge in [-0.15, -0.1) is 0 Å². The predicted molar refractivity (Wildman–Crippen MR) is 89.0 cm³/mol. The minimum absolute atomic E-state index is 0.0540. The fraction of sp³-hybridized carbons (Fsp3) is 0.611. The third kappa shape index (κ3) is 5.43. The molecule has 0 aliphatic carbocycles. The third-order valence-corrected chi connectivity index (χ3v) is 3.90. The Hall–Kier alpha value is -1.75. The summed E-state index contributed by atoms with van der Waals surface area (Å²) in [5, 5.41) is 3.06. The Labute approximate surface area is 138 Å². The summed E-state index contributed by atoms with van der Waals surface area (Å²) in [6, 6.07) is 5.92. The number of amides is 1. The van der Waals surface area contributed by atoms with Crippen molar-refractivity contribution < 1.29 is 19.0 Å². The van der Waals surface area contributed by atoms with Gasteiger partial charge in [0.05, 0.1) is 12.6 Å². The Balaban J connectivity index is 1.83. The average Bonchev–Trinajstić information content (AvgIpc) is 2.56. The van der Waals surface area contributed by atoms with E-state index in [1.807, 2.05) is 25.1 Å². The number of carbonyl (C=O) groups is 1. The molecule has 0 fully saturated rings. The Morgan fingerprint density at radius 2 is 2.00 bits per heavy atom. The molecule has 0 saturated heterocycles. The van der Waals surface area contributed by atoms with Gasteiger partial charge in [-0.1, -0.05) is 19.9 Å². The second-order valence-electron chi connectivity index (χ2n) is 6.06. The fourth-order valence-electron chi connectivity index (χ4n) is 2.43. The molecule has 0 bridgehead atoms. The fourth-order valence-corrected chi connectivity index (χ4v) is 2.43. The van der Waals surface area contributed by atoms with Crippen LogP contribution in [0.4, 0.5) is 0 Å². The first-order valence-corrected chi connectivity index (χ1v) is 8.35. The molecule has 1 aliphatic rings. The lowest BCUT2D eigenvalue weighted by molar-refractivity contribution is -0.122. The summed E-state index contributed by atoms with van der Waals surface area (Å²) in [4.78, 5) is 12.2. The van der Waals surface area contributed by atoms with Crippen molar-refractivity contribution in [1.29, 1.82) is 0 Å². The van der Waals surface area contributed by atoms with Gasteiger partial charge in [0.2, 0.25) is 5.91 Å². The minimum Gasteiger partial charge on any atom is -0.486 e. The van der Waals surface area contributed by atoms with Crippen LogP contribution in [0, 0.1) is 5.92 Å². The molecule has 0 saturated carbocycles. The molecule has 2 rings (SSSR count). The van der Waals surface area contributed by atoms with Crippen LogP contribution in [-0.2, 0) is 16.0 Å². The van der Waals surface area contributed by atoms with Crippen molar-refractivity contribution in [3.05, 3.63) is 23.8 Å². The van der Waals surface area contributed by atoms with Crippen molar-refractivity contribution >= 4 is 5.91 Å². The summed E-state index contributed by atoms with van der Waals surface area (Å²) < 4.78 is 16.5. The maximum absolute atomic E-state index is 12.2. The number of aryl methyl sites for hydroxylation is 1. The molecule has 1 heterocycles. The highest BCUT2D eigenvalue weighted by molar-refractivity contribution is 5.76. The zero-order valence-electron chi connectivity index (χ0n) is 14.3. The molecule has 5 nitrogen and oxygen atoms in total. The Morgan fingerprint density at radius 1 is 1.26 bits per heavy atom. The number of hydrogen-bond acceptors (Lipinski definition) is 4. The average molecular weight is 321 g/mol. The molecular formula is C18H27NO4. The number of fused-ring (bicyclic) bond motifs is 1. The van der Waals surface area contributed by atoms with E-state index in [1.54, 1.807) is 0 Å². The Bertz CT molecular complexity index is 516. The van der Waals surface area contributed by atoms with Gasteiger partial charge in [-0.25, -0.2) is 0 Å². The summed E-state index contributed by atoms with van der Waals surface area (Å²) in [7, 11) is 0. The molecule has 1 amide bonds. The molecule has 1 atom stereocenters. The molecule has 1 aliphatic heterocycles. The first-order chi connectivity index (χ1) is 11.1. The molecule has 1 N–H and O–H groups in total. The van der Waals surface area contributed by atoms with Crippen molar-refractivity contribution in [1.82, 2.24) is 5.32 Å². The number of benzene rings is 1. The maximum Gasteiger partial charge on any atom is 0.220 e. The second-order valence-corrected chi connectivity index (χ2v) is 6.06. The van der Waals surface area contributed by atoms with Gasteiger partial charge in [-0.2, -0.15) is 0 Å². The third-order valence-electron chi connectivity index (χ3n) is 3.90. The van der Waals surface area contributed by atoms with Crippen molar-refractivity contribution in [2.45, 2.75) is 39.7 Å².